The molecule has 2 aromatic carbocycles. The second-order valence-electron chi connectivity index (χ2n) is 7.03. The van der Waals surface area contributed by atoms with Crippen LogP contribution in [0.2, 0.25) is 5.02 Å². The Bertz CT molecular complexity index is 1030. The van der Waals surface area contributed by atoms with E-state index in [9.17, 15) is 9.18 Å². The number of amides is 1. The van der Waals surface area contributed by atoms with E-state index in [0.29, 0.717) is 18.2 Å². The quantitative estimate of drug-likeness (QED) is 0.480. The predicted molar refractivity (Wildman–Crippen MR) is 120 cm³/mol. The highest BCUT2D eigenvalue weighted by Crippen LogP contribution is 2.33. The Morgan fingerprint density at radius 2 is 1.86 bits per heavy atom. The highest BCUT2D eigenvalue weighted by molar-refractivity contribution is 7.22. The highest BCUT2D eigenvalue weighted by Gasteiger charge is 2.24. The summed E-state index contributed by atoms with van der Waals surface area (Å²) >= 11 is 7.67. The van der Waals surface area contributed by atoms with Gasteiger partial charge in [0, 0.05) is 13.1 Å². The summed E-state index contributed by atoms with van der Waals surface area (Å²) in [6, 6.07) is 8.04. The maximum absolute atomic E-state index is 13.5. The lowest BCUT2D eigenvalue weighted by molar-refractivity contribution is 0.0984. The van der Waals surface area contributed by atoms with Crippen LogP contribution in [-0.2, 0) is 0 Å². The number of halogens is 2. The van der Waals surface area contributed by atoms with E-state index in [1.54, 1.807) is 4.90 Å². The molecule has 3 rings (SSSR count). The average molecular weight is 434 g/mol. The van der Waals surface area contributed by atoms with Gasteiger partial charge in [-0.25, -0.2) is 9.37 Å². The smallest absolute Gasteiger partial charge is 0.261 e. The summed E-state index contributed by atoms with van der Waals surface area (Å²) in [7, 11) is 0. The number of rotatable bonds is 7. The molecule has 154 valence electrons. The fourth-order valence-electron chi connectivity index (χ4n) is 3.35. The Morgan fingerprint density at radius 3 is 2.52 bits per heavy atom. The maximum atomic E-state index is 13.5. The zero-order chi connectivity index (χ0) is 21.1. The third-order valence-corrected chi connectivity index (χ3v) is 6.33. The van der Waals surface area contributed by atoms with Gasteiger partial charge in [-0.05, 0) is 62.3 Å². The monoisotopic (exact) mass is 433 g/mol. The number of carbonyl (C=O) groups is 1. The molecule has 3 aromatic rings. The molecule has 0 aliphatic carbocycles. The first-order valence-electron chi connectivity index (χ1n) is 9.71. The molecule has 7 heteroatoms. The zero-order valence-electron chi connectivity index (χ0n) is 17.1. The number of hydrogen-bond donors (Lipinski definition) is 0. The molecule has 4 nitrogen and oxygen atoms in total. The van der Waals surface area contributed by atoms with Crippen LogP contribution in [-0.4, -0.2) is 42.0 Å². The van der Waals surface area contributed by atoms with Gasteiger partial charge >= 0.3 is 0 Å². The van der Waals surface area contributed by atoms with Gasteiger partial charge in [-0.1, -0.05) is 42.9 Å². The van der Waals surface area contributed by atoms with Crippen molar-refractivity contribution in [3.05, 3.63) is 57.9 Å². The Balaban J connectivity index is 2.02. The Labute approximate surface area is 179 Å². The van der Waals surface area contributed by atoms with Crippen molar-refractivity contribution < 1.29 is 9.18 Å². The first kappa shape index (κ1) is 21.7. The molecule has 0 unspecified atom stereocenters. The standard InChI is InChI=1S/C22H25ClFN3OS/c1-5-26(6-2)9-10-27(21(28)17-8-7-16(24)13-18(17)23)22-25-20-15(4)11-14(3)12-19(20)29-22/h7-8,11-13H,5-6,9-10H2,1-4H3. The second-order valence-corrected chi connectivity index (χ2v) is 8.45. The summed E-state index contributed by atoms with van der Waals surface area (Å²) in [5, 5.41) is 0.738. The number of thiazole rings is 1. The van der Waals surface area contributed by atoms with Gasteiger partial charge in [-0.3, -0.25) is 9.69 Å². The van der Waals surface area contributed by atoms with E-state index >= 15 is 0 Å². The molecular weight excluding hydrogens is 409 g/mol. The van der Waals surface area contributed by atoms with E-state index in [1.807, 2.05) is 13.8 Å². The lowest BCUT2D eigenvalue weighted by atomic mass is 10.1. The molecule has 1 heterocycles. The van der Waals surface area contributed by atoms with Crippen molar-refractivity contribution in [1.29, 1.82) is 0 Å². The minimum Gasteiger partial charge on any atom is -0.302 e. The molecule has 0 aliphatic heterocycles. The summed E-state index contributed by atoms with van der Waals surface area (Å²) in [6.07, 6.45) is 0. The van der Waals surface area contributed by atoms with E-state index < -0.39 is 5.82 Å². The largest absolute Gasteiger partial charge is 0.302 e. The van der Waals surface area contributed by atoms with Crippen LogP contribution in [0.15, 0.2) is 30.3 Å². The molecule has 1 aromatic heterocycles. The van der Waals surface area contributed by atoms with E-state index in [0.717, 1.165) is 34.4 Å². The molecule has 0 atom stereocenters. The number of carbonyl (C=O) groups excluding carboxylic acids is 1. The van der Waals surface area contributed by atoms with Crippen molar-refractivity contribution in [3.63, 3.8) is 0 Å². The predicted octanol–water partition coefficient (Wildman–Crippen LogP) is 5.69. The molecule has 29 heavy (non-hydrogen) atoms. The number of likely N-dealkylation sites (N-methyl/N-ethyl adjacent to an activating group) is 1. The SMILES string of the molecule is CCN(CC)CCN(C(=O)c1ccc(F)cc1Cl)c1nc2c(C)cc(C)cc2s1. The topological polar surface area (TPSA) is 36.4 Å². The van der Waals surface area contributed by atoms with Gasteiger partial charge in [-0.15, -0.1) is 0 Å². The molecule has 0 radical (unpaired) electrons. The van der Waals surface area contributed by atoms with Crippen LogP contribution in [0, 0.1) is 19.7 Å². The molecule has 0 saturated heterocycles. The molecule has 0 saturated carbocycles. The molecule has 0 fully saturated rings. The summed E-state index contributed by atoms with van der Waals surface area (Å²) in [4.78, 5) is 22.0. The third-order valence-electron chi connectivity index (χ3n) is 4.99. The van der Waals surface area contributed by atoms with Gasteiger partial charge < -0.3 is 4.90 Å². The van der Waals surface area contributed by atoms with Gasteiger partial charge in [0.05, 0.1) is 20.8 Å². The van der Waals surface area contributed by atoms with Crippen LogP contribution in [0.1, 0.15) is 35.3 Å². The van der Waals surface area contributed by atoms with Gasteiger partial charge in [0.1, 0.15) is 5.82 Å². The van der Waals surface area contributed by atoms with Crippen LogP contribution in [0.4, 0.5) is 9.52 Å². The Morgan fingerprint density at radius 1 is 1.14 bits per heavy atom. The number of benzene rings is 2. The lowest BCUT2D eigenvalue weighted by Gasteiger charge is -2.25. The zero-order valence-corrected chi connectivity index (χ0v) is 18.7. The van der Waals surface area contributed by atoms with Crippen LogP contribution in [0.5, 0.6) is 0 Å². The number of nitrogens with zero attached hydrogens (tertiary/aromatic N) is 3. The summed E-state index contributed by atoms with van der Waals surface area (Å²) in [6.45, 7) is 11.2. The minimum atomic E-state index is -0.465. The minimum absolute atomic E-state index is 0.107. The average Bonchev–Trinajstić information content (AvgIpc) is 3.09. The maximum Gasteiger partial charge on any atom is 0.261 e. The van der Waals surface area contributed by atoms with Crippen molar-refractivity contribution in [2.75, 3.05) is 31.1 Å². The van der Waals surface area contributed by atoms with E-state index in [2.05, 4.69) is 30.9 Å². The van der Waals surface area contributed by atoms with Crippen LogP contribution < -0.4 is 4.90 Å². The van der Waals surface area contributed by atoms with Crippen LogP contribution >= 0.6 is 22.9 Å². The van der Waals surface area contributed by atoms with Crippen molar-refractivity contribution in [2.45, 2.75) is 27.7 Å². The van der Waals surface area contributed by atoms with Gasteiger partial charge in [-0.2, -0.15) is 0 Å². The third kappa shape index (κ3) is 4.77. The summed E-state index contributed by atoms with van der Waals surface area (Å²) in [5.74, 6) is -0.733. The highest BCUT2D eigenvalue weighted by atomic mass is 35.5. The normalized spacial score (nSPS) is 11.4. The summed E-state index contributed by atoms with van der Waals surface area (Å²) < 4.78 is 14.5. The van der Waals surface area contributed by atoms with Crippen molar-refractivity contribution in [2.24, 2.45) is 0 Å². The first-order chi connectivity index (χ1) is 13.8. The summed E-state index contributed by atoms with van der Waals surface area (Å²) in [5.41, 5.74) is 3.42. The number of anilines is 1. The van der Waals surface area contributed by atoms with Crippen molar-refractivity contribution in [1.82, 2.24) is 9.88 Å². The molecule has 0 spiro atoms. The van der Waals surface area contributed by atoms with Gasteiger partial charge in [0.15, 0.2) is 5.13 Å². The van der Waals surface area contributed by atoms with Gasteiger partial charge in [0.2, 0.25) is 0 Å². The van der Waals surface area contributed by atoms with Gasteiger partial charge in [0.25, 0.3) is 5.91 Å². The van der Waals surface area contributed by atoms with Crippen molar-refractivity contribution in [3.8, 4) is 0 Å². The van der Waals surface area contributed by atoms with Crippen LogP contribution in [0.3, 0.4) is 0 Å². The second kappa shape index (κ2) is 9.20. The fourth-order valence-corrected chi connectivity index (χ4v) is 4.76. The van der Waals surface area contributed by atoms with E-state index in [1.165, 1.54) is 29.5 Å². The van der Waals surface area contributed by atoms with E-state index in [-0.39, 0.29) is 16.5 Å². The Hall–Kier alpha value is -2.02. The van der Waals surface area contributed by atoms with E-state index in [4.69, 9.17) is 16.6 Å². The number of aryl methyl sites for hydroxylation is 2. The molecule has 0 N–H and O–H groups in total. The van der Waals surface area contributed by atoms with Crippen LogP contribution in [0.25, 0.3) is 10.2 Å². The molecular formula is C22H25ClFN3OS. The first-order valence-corrected chi connectivity index (χ1v) is 10.9. The van der Waals surface area contributed by atoms with Crippen molar-refractivity contribution >= 4 is 44.2 Å². The fraction of sp³-hybridized carbons (Fsp3) is 0.364. The number of aromatic nitrogens is 1. The Kier molecular flexibility index (Phi) is 6.88. The number of fused-ring (bicyclic) bond motifs is 1. The molecule has 0 aliphatic rings. The lowest BCUT2D eigenvalue weighted by Crippen LogP contribution is -2.39. The molecule has 0 bridgehead atoms. The number of hydrogen-bond acceptors (Lipinski definition) is 4. The molecule has 1 amide bonds.